The molecule has 0 aliphatic heterocycles. The quantitative estimate of drug-likeness (QED) is 0.777. The minimum Gasteiger partial charge on any atom is -0.495 e. The normalized spacial score (nSPS) is 10.4. The number of aromatic nitrogens is 2. The van der Waals surface area contributed by atoms with E-state index < -0.39 is 0 Å². The summed E-state index contributed by atoms with van der Waals surface area (Å²) in [5.41, 5.74) is 0.621. The molecule has 24 heavy (non-hydrogen) atoms. The topological polar surface area (TPSA) is 86.4 Å². The van der Waals surface area contributed by atoms with Crippen molar-refractivity contribution in [1.29, 1.82) is 0 Å². The predicted octanol–water partition coefficient (Wildman–Crippen LogP) is 2.15. The number of methoxy groups -OCH3 is 1. The van der Waals surface area contributed by atoms with Gasteiger partial charge in [-0.05, 0) is 24.3 Å². The molecule has 0 atom stereocenters. The summed E-state index contributed by atoms with van der Waals surface area (Å²) < 4.78 is 11.6. The van der Waals surface area contributed by atoms with Crippen LogP contribution < -0.4 is 15.6 Å². The fourth-order valence-corrected chi connectivity index (χ4v) is 2.20. The highest BCUT2D eigenvalue weighted by Crippen LogP contribution is 2.22. The third kappa shape index (κ3) is 3.35. The van der Waals surface area contributed by atoms with Crippen molar-refractivity contribution < 1.29 is 13.9 Å². The first-order valence-corrected chi connectivity index (χ1v) is 7.20. The molecule has 0 unspecified atom stereocenters. The van der Waals surface area contributed by atoms with E-state index in [4.69, 9.17) is 9.15 Å². The second kappa shape index (κ2) is 6.82. The molecule has 0 fully saturated rings. The number of amides is 1. The Hall–Kier alpha value is -3.35. The van der Waals surface area contributed by atoms with Crippen LogP contribution >= 0.6 is 0 Å². The molecule has 7 nitrogen and oxygen atoms in total. The summed E-state index contributed by atoms with van der Waals surface area (Å²) in [6, 6.07) is 11.8. The van der Waals surface area contributed by atoms with Crippen LogP contribution in [0.2, 0.25) is 0 Å². The third-order valence-corrected chi connectivity index (χ3v) is 3.35. The summed E-state index contributed by atoms with van der Waals surface area (Å²) in [6.45, 7) is -0.150. The number of hydrogen-bond acceptors (Lipinski definition) is 5. The van der Waals surface area contributed by atoms with Gasteiger partial charge in [0.05, 0.1) is 25.4 Å². The first-order chi connectivity index (χ1) is 11.7. The Morgan fingerprint density at radius 3 is 2.83 bits per heavy atom. The highest BCUT2D eigenvalue weighted by atomic mass is 16.5. The van der Waals surface area contributed by atoms with E-state index in [1.54, 1.807) is 36.4 Å². The van der Waals surface area contributed by atoms with Gasteiger partial charge in [0.2, 0.25) is 5.91 Å². The van der Waals surface area contributed by atoms with Crippen molar-refractivity contribution in [3.05, 3.63) is 65.4 Å². The molecule has 1 N–H and O–H groups in total. The van der Waals surface area contributed by atoms with Crippen LogP contribution in [0.4, 0.5) is 5.69 Å². The molecule has 2 aromatic heterocycles. The van der Waals surface area contributed by atoms with Gasteiger partial charge in [0.25, 0.3) is 5.56 Å². The van der Waals surface area contributed by atoms with Crippen LogP contribution in [0, 0.1) is 0 Å². The maximum Gasteiger partial charge on any atom is 0.254 e. The molecule has 1 aromatic carbocycles. The molecular formula is C17H15N3O4. The molecule has 3 aromatic rings. The van der Waals surface area contributed by atoms with E-state index in [1.807, 2.05) is 0 Å². The SMILES string of the molecule is COc1ccccc1NC(=O)Cn1cnc(-c2ccco2)cc1=O. The second-order valence-corrected chi connectivity index (χ2v) is 4.97. The number of carbonyl (C=O) groups is 1. The van der Waals surface area contributed by atoms with Gasteiger partial charge in [-0.15, -0.1) is 0 Å². The first-order valence-electron chi connectivity index (χ1n) is 7.20. The van der Waals surface area contributed by atoms with Crippen molar-refractivity contribution >= 4 is 11.6 Å². The summed E-state index contributed by atoms with van der Waals surface area (Å²) in [7, 11) is 1.52. The van der Waals surface area contributed by atoms with E-state index in [9.17, 15) is 9.59 Å². The smallest absolute Gasteiger partial charge is 0.254 e. The van der Waals surface area contributed by atoms with Crippen molar-refractivity contribution in [2.75, 3.05) is 12.4 Å². The molecule has 1 amide bonds. The van der Waals surface area contributed by atoms with E-state index in [2.05, 4.69) is 10.3 Å². The molecule has 0 bridgehead atoms. The average Bonchev–Trinajstić information content (AvgIpc) is 3.12. The zero-order chi connectivity index (χ0) is 16.9. The van der Waals surface area contributed by atoms with Gasteiger partial charge in [0.15, 0.2) is 5.76 Å². The fourth-order valence-electron chi connectivity index (χ4n) is 2.20. The molecule has 7 heteroatoms. The number of nitrogens with zero attached hydrogens (tertiary/aromatic N) is 2. The monoisotopic (exact) mass is 325 g/mol. The van der Waals surface area contributed by atoms with Gasteiger partial charge in [-0.25, -0.2) is 4.98 Å². The van der Waals surface area contributed by atoms with Crippen LogP contribution in [-0.4, -0.2) is 22.6 Å². The summed E-state index contributed by atoms with van der Waals surface area (Å²) in [5.74, 6) is 0.691. The molecule has 122 valence electrons. The van der Waals surface area contributed by atoms with Crippen molar-refractivity contribution in [1.82, 2.24) is 9.55 Å². The molecule has 0 radical (unpaired) electrons. The van der Waals surface area contributed by atoms with Crippen LogP contribution in [0.15, 0.2) is 64.3 Å². The Labute approximate surface area is 137 Å². The Morgan fingerprint density at radius 2 is 2.12 bits per heavy atom. The number of benzene rings is 1. The lowest BCUT2D eigenvalue weighted by molar-refractivity contribution is -0.116. The van der Waals surface area contributed by atoms with Gasteiger partial charge in [-0.2, -0.15) is 0 Å². The molecular weight excluding hydrogens is 310 g/mol. The number of hydrogen-bond donors (Lipinski definition) is 1. The highest BCUT2D eigenvalue weighted by Gasteiger charge is 2.10. The zero-order valence-electron chi connectivity index (χ0n) is 12.9. The van der Waals surface area contributed by atoms with E-state index >= 15 is 0 Å². The lowest BCUT2D eigenvalue weighted by Crippen LogP contribution is -2.27. The number of rotatable bonds is 5. The standard InChI is InChI=1S/C17H15N3O4/c1-23-14-6-3-2-5-12(14)19-16(21)10-20-11-18-13(9-17(20)22)15-7-4-8-24-15/h2-9,11H,10H2,1H3,(H,19,21). The maximum absolute atomic E-state index is 12.1. The van der Waals surface area contributed by atoms with E-state index in [-0.39, 0.29) is 18.0 Å². The molecule has 0 saturated heterocycles. The van der Waals surface area contributed by atoms with Crippen molar-refractivity contribution in [3.8, 4) is 17.2 Å². The third-order valence-electron chi connectivity index (χ3n) is 3.35. The number of ether oxygens (including phenoxy) is 1. The lowest BCUT2D eigenvalue weighted by Gasteiger charge is -2.10. The molecule has 0 spiro atoms. The Balaban J connectivity index is 1.74. The lowest BCUT2D eigenvalue weighted by atomic mass is 10.3. The van der Waals surface area contributed by atoms with Gasteiger partial charge in [-0.1, -0.05) is 12.1 Å². The second-order valence-electron chi connectivity index (χ2n) is 4.97. The zero-order valence-corrected chi connectivity index (χ0v) is 12.9. The molecule has 0 saturated carbocycles. The number of furan rings is 1. The van der Waals surface area contributed by atoms with Gasteiger partial charge in [-0.3, -0.25) is 14.2 Å². The highest BCUT2D eigenvalue weighted by molar-refractivity contribution is 5.92. The summed E-state index contributed by atoms with van der Waals surface area (Å²) in [4.78, 5) is 28.4. The average molecular weight is 325 g/mol. The van der Waals surface area contributed by atoms with E-state index in [0.717, 1.165) is 0 Å². The van der Waals surface area contributed by atoms with Gasteiger partial charge >= 0.3 is 0 Å². The summed E-state index contributed by atoms with van der Waals surface area (Å²) >= 11 is 0. The Morgan fingerprint density at radius 1 is 1.29 bits per heavy atom. The Kier molecular flexibility index (Phi) is 4.42. The van der Waals surface area contributed by atoms with E-state index in [1.165, 1.54) is 30.3 Å². The van der Waals surface area contributed by atoms with Gasteiger partial charge < -0.3 is 14.5 Å². The first kappa shape index (κ1) is 15.5. The molecule has 0 aliphatic rings. The fraction of sp³-hybridized carbons (Fsp3) is 0.118. The Bertz CT molecular complexity index is 900. The van der Waals surface area contributed by atoms with Crippen LogP contribution in [0.1, 0.15) is 0 Å². The largest absolute Gasteiger partial charge is 0.495 e. The van der Waals surface area contributed by atoms with Crippen molar-refractivity contribution in [2.45, 2.75) is 6.54 Å². The van der Waals surface area contributed by atoms with Crippen LogP contribution in [0.3, 0.4) is 0 Å². The molecule has 2 heterocycles. The number of carbonyl (C=O) groups excluding carboxylic acids is 1. The summed E-state index contributed by atoms with van der Waals surface area (Å²) in [5, 5.41) is 2.71. The predicted molar refractivity (Wildman–Crippen MR) is 87.8 cm³/mol. The van der Waals surface area contributed by atoms with Crippen LogP contribution in [0.25, 0.3) is 11.5 Å². The minimum atomic E-state index is -0.353. The minimum absolute atomic E-state index is 0.150. The van der Waals surface area contributed by atoms with Crippen LogP contribution in [-0.2, 0) is 11.3 Å². The number of nitrogens with one attached hydrogen (secondary N) is 1. The number of anilines is 1. The maximum atomic E-state index is 12.1. The van der Waals surface area contributed by atoms with Crippen molar-refractivity contribution in [3.63, 3.8) is 0 Å². The van der Waals surface area contributed by atoms with E-state index in [0.29, 0.717) is 22.9 Å². The molecule has 3 rings (SSSR count). The summed E-state index contributed by atoms with van der Waals surface area (Å²) in [6.07, 6.45) is 2.82. The van der Waals surface area contributed by atoms with Crippen molar-refractivity contribution in [2.24, 2.45) is 0 Å². The number of para-hydroxylation sites is 2. The van der Waals surface area contributed by atoms with Gasteiger partial charge in [0, 0.05) is 6.07 Å². The van der Waals surface area contributed by atoms with Crippen LogP contribution in [0.5, 0.6) is 5.75 Å². The van der Waals surface area contributed by atoms with Gasteiger partial charge in [0.1, 0.15) is 18.0 Å². The molecule has 0 aliphatic carbocycles.